The summed E-state index contributed by atoms with van der Waals surface area (Å²) in [5.41, 5.74) is 1.35. The standard InChI is InChI=1S/C19H19FN4O5S/c1-30(27,28)11-5-6-14(13(20)8-11)23-18-17-16(21-10-22-18)12(9-29-17)15-4-2-3-7-24(15)19(25)26/h5-6,8-10,15H,2-4,7H2,1H3,(H,25,26)(H,21,22,23). The van der Waals surface area contributed by atoms with E-state index >= 15 is 0 Å². The number of sulfone groups is 1. The van der Waals surface area contributed by atoms with Gasteiger partial charge in [-0.25, -0.2) is 27.6 Å². The molecule has 0 aliphatic carbocycles. The molecule has 4 rings (SSSR count). The largest absolute Gasteiger partial charge is 0.465 e. The Morgan fingerprint density at radius 2 is 2.13 bits per heavy atom. The number of rotatable bonds is 4. The van der Waals surface area contributed by atoms with Gasteiger partial charge in [0.25, 0.3) is 0 Å². The summed E-state index contributed by atoms with van der Waals surface area (Å²) in [6, 6.07) is 3.14. The molecule has 2 N–H and O–H groups in total. The van der Waals surface area contributed by atoms with Crippen molar-refractivity contribution in [3.8, 4) is 0 Å². The van der Waals surface area contributed by atoms with Crippen LogP contribution in [0.3, 0.4) is 0 Å². The van der Waals surface area contributed by atoms with Gasteiger partial charge in [0.05, 0.1) is 22.9 Å². The van der Waals surface area contributed by atoms with Gasteiger partial charge in [-0.2, -0.15) is 0 Å². The number of furan rings is 1. The minimum absolute atomic E-state index is 0.0187. The van der Waals surface area contributed by atoms with Crippen LogP contribution in [0.15, 0.2) is 40.1 Å². The first-order chi connectivity index (χ1) is 14.3. The number of aromatic nitrogens is 2. The third-order valence-corrected chi connectivity index (χ3v) is 6.22. The first-order valence-corrected chi connectivity index (χ1v) is 11.1. The summed E-state index contributed by atoms with van der Waals surface area (Å²) in [5.74, 6) is -0.573. The van der Waals surface area contributed by atoms with Crippen molar-refractivity contribution >= 4 is 38.5 Å². The molecule has 9 nitrogen and oxygen atoms in total. The molecule has 3 aromatic rings. The van der Waals surface area contributed by atoms with Gasteiger partial charge in [0, 0.05) is 18.4 Å². The van der Waals surface area contributed by atoms with Crippen LogP contribution in [-0.4, -0.2) is 47.3 Å². The van der Waals surface area contributed by atoms with Gasteiger partial charge in [0.1, 0.15) is 17.7 Å². The van der Waals surface area contributed by atoms with Crippen molar-refractivity contribution < 1.29 is 27.1 Å². The highest BCUT2D eigenvalue weighted by atomic mass is 32.2. The molecule has 1 unspecified atom stereocenters. The fourth-order valence-electron chi connectivity index (χ4n) is 3.63. The Labute approximate surface area is 171 Å². The number of nitrogens with one attached hydrogen (secondary N) is 1. The van der Waals surface area contributed by atoms with E-state index in [9.17, 15) is 22.7 Å². The SMILES string of the molecule is CS(=O)(=O)c1ccc(Nc2ncnc3c(C4CCCCN4C(=O)O)coc23)c(F)c1. The normalized spacial score (nSPS) is 17.3. The summed E-state index contributed by atoms with van der Waals surface area (Å²) in [5, 5.41) is 12.3. The zero-order valence-corrected chi connectivity index (χ0v) is 16.8. The van der Waals surface area contributed by atoms with Crippen LogP contribution < -0.4 is 5.32 Å². The van der Waals surface area contributed by atoms with Crippen LogP contribution in [0.1, 0.15) is 30.9 Å². The van der Waals surface area contributed by atoms with Crippen LogP contribution in [-0.2, 0) is 9.84 Å². The van der Waals surface area contributed by atoms with E-state index in [1.54, 1.807) is 0 Å². The molecule has 2 aromatic heterocycles. The van der Waals surface area contributed by atoms with Crippen LogP contribution in [0.4, 0.5) is 20.7 Å². The zero-order valence-electron chi connectivity index (χ0n) is 16.0. The van der Waals surface area contributed by atoms with Crippen LogP contribution in [0, 0.1) is 5.82 Å². The van der Waals surface area contributed by atoms with Gasteiger partial charge in [-0.05, 0) is 37.5 Å². The molecule has 3 heterocycles. The monoisotopic (exact) mass is 434 g/mol. The number of fused-ring (bicyclic) bond motifs is 1. The Balaban J connectivity index is 1.70. The number of benzene rings is 1. The van der Waals surface area contributed by atoms with Gasteiger partial charge in [0.15, 0.2) is 21.2 Å². The molecule has 0 saturated carbocycles. The minimum atomic E-state index is -3.54. The van der Waals surface area contributed by atoms with Crippen LogP contribution in [0.5, 0.6) is 0 Å². The molecule has 158 valence electrons. The number of carboxylic acid groups (broad SMARTS) is 1. The highest BCUT2D eigenvalue weighted by Gasteiger charge is 2.31. The average molecular weight is 434 g/mol. The van der Waals surface area contributed by atoms with Gasteiger partial charge in [-0.3, -0.25) is 0 Å². The number of hydrogen-bond donors (Lipinski definition) is 2. The van der Waals surface area contributed by atoms with Crippen molar-refractivity contribution in [3.63, 3.8) is 0 Å². The first-order valence-electron chi connectivity index (χ1n) is 9.24. The number of anilines is 2. The predicted molar refractivity (Wildman–Crippen MR) is 106 cm³/mol. The Kier molecular flexibility index (Phi) is 5.06. The molecule has 1 aliphatic heterocycles. The highest BCUT2D eigenvalue weighted by molar-refractivity contribution is 7.90. The van der Waals surface area contributed by atoms with E-state index in [1.807, 2.05) is 0 Å². The number of amides is 1. The number of carbonyl (C=O) groups is 1. The highest BCUT2D eigenvalue weighted by Crippen LogP contribution is 2.37. The Hall–Kier alpha value is -3.21. The summed E-state index contributed by atoms with van der Waals surface area (Å²) in [7, 11) is -3.54. The first kappa shape index (κ1) is 20.1. The molecular formula is C19H19FN4O5S. The second kappa shape index (κ2) is 7.56. The lowest BCUT2D eigenvalue weighted by Gasteiger charge is -2.32. The predicted octanol–water partition coefficient (Wildman–Crippen LogP) is 3.71. The van der Waals surface area contributed by atoms with Crippen LogP contribution in [0.25, 0.3) is 11.1 Å². The van der Waals surface area contributed by atoms with Crippen molar-refractivity contribution in [2.24, 2.45) is 0 Å². The van der Waals surface area contributed by atoms with E-state index in [0.717, 1.165) is 25.2 Å². The zero-order chi connectivity index (χ0) is 21.5. The minimum Gasteiger partial charge on any atom is -0.465 e. The van der Waals surface area contributed by atoms with Crippen molar-refractivity contribution in [1.82, 2.24) is 14.9 Å². The number of halogens is 1. The lowest BCUT2D eigenvalue weighted by Crippen LogP contribution is -2.37. The molecule has 1 atom stereocenters. The molecule has 0 bridgehead atoms. The molecule has 1 fully saturated rings. The van der Waals surface area contributed by atoms with E-state index < -0.39 is 21.7 Å². The Bertz CT molecular complexity index is 1230. The van der Waals surface area contributed by atoms with Crippen molar-refractivity contribution in [1.29, 1.82) is 0 Å². The van der Waals surface area contributed by atoms with Gasteiger partial charge >= 0.3 is 6.09 Å². The summed E-state index contributed by atoms with van der Waals surface area (Å²) >= 11 is 0. The van der Waals surface area contributed by atoms with E-state index in [2.05, 4.69) is 15.3 Å². The number of hydrogen-bond acceptors (Lipinski definition) is 7. The summed E-state index contributed by atoms with van der Waals surface area (Å²) in [6.07, 6.45) is 5.06. The molecule has 11 heteroatoms. The van der Waals surface area contributed by atoms with E-state index in [1.165, 1.54) is 29.6 Å². The van der Waals surface area contributed by atoms with E-state index in [-0.39, 0.29) is 28.0 Å². The summed E-state index contributed by atoms with van der Waals surface area (Å²) in [6.45, 7) is 0.431. The van der Waals surface area contributed by atoms with Crippen LogP contribution in [0.2, 0.25) is 0 Å². The van der Waals surface area contributed by atoms with Crippen molar-refractivity contribution in [3.05, 3.63) is 42.2 Å². The smallest absolute Gasteiger partial charge is 0.407 e. The summed E-state index contributed by atoms with van der Waals surface area (Å²) in [4.78, 5) is 21.2. The topological polar surface area (TPSA) is 126 Å². The number of piperidine rings is 1. The second-order valence-corrected chi connectivity index (χ2v) is 9.13. The fourth-order valence-corrected chi connectivity index (χ4v) is 4.27. The van der Waals surface area contributed by atoms with Gasteiger partial charge in [-0.1, -0.05) is 0 Å². The maximum atomic E-state index is 14.4. The molecule has 1 aromatic carbocycles. The maximum Gasteiger partial charge on any atom is 0.407 e. The van der Waals surface area contributed by atoms with Gasteiger partial charge in [-0.15, -0.1) is 0 Å². The van der Waals surface area contributed by atoms with Crippen molar-refractivity contribution in [2.75, 3.05) is 18.1 Å². The van der Waals surface area contributed by atoms with Crippen molar-refractivity contribution in [2.45, 2.75) is 30.2 Å². The average Bonchev–Trinajstić information content (AvgIpc) is 3.13. The number of likely N-dealkylation sites (tertiary alicyclic amines) is 1. The van der Waals surface area contributed by atoms with E-state index in [0.29, 0.717) is 24.0 Å². The Morgan fingerprint density at radius 3 is 2.83 bits per heavy atom. The third-order valence-electron chi connectivity index (χ3n) is 5.11. The lowest BCUT2D eigenvalue weighted by atomic mass is 9.97. The van der Waals surface area contributed by atoms with Gasteiger partial charge < -0.3 is 19.7 Å². The molecule has 1 aliphatic rings. The summed E-state index contributed by atoms with van der Waals surface area (Å²) < 4.78 is 43.2. The van der Waals surface area contributed by atoms with E-state index in [4.69, 9.17) is 4.42 Å². The van der Waals surface area contributed by atoms with Crippen LogP contribution >= 0.6 is 0 Å². The molecule has 1 amide bonds. The Morgan fingerprint density at radius 1 is 1.33 bits per heavy atom. The quantitative estimate of drug-likeness (QED) is 0.636. The fraction of sp³-hybridized carbons (Fsp3) is 0.316. The molecule has 0 radical (unpaired) electrons. The maximum absolute atomic E-state index is 14.4. The lowest BCUT2D eigenvalue weighted by molar-refractivity contribution is 0.107. The second-order valence-electron chi connectivity index (χ2n) is 7.12. The third kappa shape index (κ3) is 3.67. The van der Waals surface area contributed by atoms with Gasteiger partial charge in [0.2, 0.25) is 0 Å². The molecule has 0 spiro atoms. The molecule has 1 saturated heterocycles. The number of nitrogens with zero attached hydrogens (tertiary/aromatic N) is 3. The molecule has 30 heavy (non-hydrogen) atoms. The molecular weight excluding hydrogens is 415 g/mol.